The minimum Gasteiger partial charge on any atom is -0.392 e. The molecular formula is C15H25NO. The summed E-state index contributed by atoms with van der Waals surface area (Å²) in [5, 5.41) is 12.9. The fraction of sp³-hybridized carbons (Fsp3) is 0.733. The zero-order chi connectivity index (χ0) is 12.5. The van der Waals surface area contributed by atoms with Crippen LogP contribution in [0.4, 0.5) is 0 Å². The average Bonchev–Trinajstić information content (AvgIpc) is 2.28. The number of aliphatic hydroxyl groups excluding tert-OH is 1. The van der Waals surface area contributed by atoms with Gasteiger partial charge in [0.15, 0.2) is 0 Å². The maximum Gasteiger partial charge on any atom is 0.0642 e. The van der Waals surface area contributed by atoms with E-state index in [2.05, 4.69) is 32.2 Å². The van der Waals surface area contributed by atoms with Crippen LogP contribution in [-0.4, -0.2) is 24.3 Å². The summed E-state index contributed by atoms with van der Waals surface area (Å²) in [5.74, 6) is 0. The van der Waals surface area contributed by atoms with E-state index < -0.39 is 0 Å². The van der Waals surface area contributed by atoms with Gasteiger partial charge in [-0.25, -0.2) is 0 Å². The van der Waals surface area contributed by atoms with Gasteiger partial charge in [0, 0.05) is 6.04 Å². The van der Waals surface area contributed by atoms with Crippen LogP contribution in [0.2, 0.25) is 0 Å². The van der Waals surface area contributed by atoms with E-state index in [9.17, 15) is 5.11 Å². The fourth-order valence-electron chi connectivity index (χ4n) is 3.41. The average molecular weight is 235 g/mol. The number of hydrogen-bond donors (Lipinski definition) is 2. The monoisotopic (exact) mass is 235 g/mol. The number of aliphatic hydroxyl groups is 1. The van der Waals surface area contributed by atoms with Crippen molar-refractivity contribution in [2.45, 2.75) is 52.5 Å². The molecule has 0 radical (unpaired) electrons. The van der Waals surface area contributed by atoms with Crippen molar-refractivity contribution >= 4 is 0 Å². The van der Waals surface area contributed by atoms with Crippen molar-refractivity contribution in [3.63, 3.8) is 0 Å². The molecule has 0 spiro atoms. The van der Waals surface area contributed by atoms with Crippen LogP contribution in [-0.2, 0) is 0 Å². The predicted molar refractivity (Wildman–Crippen MR) is 71.9 cm³/mol. The molecule has 2 nitrogen and oxygen atoms in total. The Morgan fingerprint density at radius 1 is 1.41 bits per heavy atom. The highest BCUT2D eigenvalue weighted by Crippen LogP contribution is 2.42. The predicted octanol–water partition coefficient (Wildman–Crippen LogP) is 2.79. The van der Waals surface area contributed by atoms with Crippen molar-refractivity contribution in [2.75, 3.05) is 13.2 Å². The standard InChI is InChI=1S/C15H25NO/c1-11-5-4-7-15(2,3)14(11)13-9-12(10-17)6-8-16-13/h9,13,16-17H,4-8,10H2,1-3H3. The third kappa shape index (κ3) is 2.63. The molecule has 1 unspecified atom stereocenters. The summed E-state index contributed by atoms with van der Waals surface area (Å²) < 4.78 is 0. The van der Waals surface area contributed by atoms with E-state index in [0.29, 0.717) is 11.5 Å². The molecule has 0 aromatic rings. The van der Waals surface area contributed by atoms with Gasteiger partial charge < -0.3 is 10.4 Å². The second-order valence-corrected chi connectivity index (χ2v) is 6.10. The van der Waals surface area contributed by atoms with Gasteiger partial charge in [0.05, 0.1) is 6.61 Å². The summed E-state index contributed by atoms with van der Waals surface area (Å²) in [4.78, 5) is 0. The SMILES string of the molecule is CC1=C(C2C=C(CO)CCN2)C(C)(C)CCC1. The molecule has 2 N–H and O–H groups in total. The molecule has 0 aromatic carbocycles. The first-order chi connectivity index (χ1) is 8.04. The van der Waals surface area contributed by atoms with Crippen LogP contribution in [0.25, 0.3) is 0 Å². The van der Waals surface area contributed by atoms with Crippen LogP contribution in [0.1, 0.15) is 46.5 Å². The number of hydrogen-bond acceptors (Lipinski definition) is 2. The maximum atomic E-state index is 9.29. The zero-order valence-corrected chi connectivity index (χ0v) is 11.3. The van der Waals surface area contributed by atoms with E-state index in [-0.39, 0.29) is 6.61 Å². The first kappa shape index (κ1) is 12.8. The molecule has 1 aliphatic carbocycles. The summed E-state index contributed by atoms with van der Waals surface area (Å²) in [5.41, 5.74) is 4.60. The fourth-order valence-corrected chi connectivity index (χ4v) is 3.41. The third-order valence-electron chi connectivity index (χ3n) is 4.27. The molecule has 2 rings (SSSR count). The van der Waals surface area contributed by atoms with Crippen molar-refractivity contribution in [1.29, 1.82) is 0 Å². The van der Waals surface area contributed by atoms with Crippen molar-refractivity contribution in [3.05, 3.63) is 22.8 Å². The highest BCUT2D eigenvalue weighted by atomic mass is 16.3. The van der Waals surface area contributed by atoms with E-state index in [1.165, 1.54) is 24.8 Å². The minimum absolute atomic E-state index is 0.213. The Balaban J connectivity index is 2.31. The normalized spacial score (nSPS) is 29.2. The highest BCUT2D eigenvalue weighted by Gasteiger charge is 2.33. The van der Waals surface area contributed by atoms with E-state index >= 15 is 0 Å². The molecule has 1 heterocycles. The lowest BCUT2D eigenvalue weighted by atomic mass is 9.69. The Labute approximate surface area is 105 Å². The van der Waals surface area contributed by atoms with Crippen LogP contribution in [0.5, 0.6) is 0 Å². The quantitative estimate of drug-likeness (QED) is 0.721. The Kier molecular flexibility index (Phi) is 3.74. The molecule has 0 bridgehead atoms. The van der Waals surface area contributed by atoms with E-state index in [1.807, 2.05) is 0 Å². The van der Waals surface area contributed by atoms with E-state index in [0.717, 1.165) is 13.0 Å². The molecule has 17 heavy (non-hydrogen) atoms. The minimum atomic E-state index is 0.213. The molecule has 0 amide bonds. The van der Waals surface area contributed by atoms with Crippen LogP contribution >= 0.6 is 0 Å². The number of allylic oxidation sites excluding steroid dienone is 1. The van der Waals surface area contributed by atoms with Gasteiger partial charge in [-0.15, -0.1) is 0 Å². The van der Waals surface area contributed by atoms with Gasteiger partial charge in [-0.3, -0.25) is 0 Å². The van der Waals surface area contributed by atoms with Crippen LogP contribution < -0.4 is 5.32 Å². The van der Waals surface area contributed by atoms with Crippen molar-refractivity contribution < 1.29 is 5.11 Å². The second kappa shape index (κ2) is 4.95. The summed E-state index contributed by atoms with van der Waals surface area (Å²) in [6.07, 6.45) is 7.06. The number of nitrogens with one attached hydrogen (secondary N) is 1. The zero-order valence-electron chi connectivity index (χ0n) is 11.3. The molecule has 0 aromatic heterocycles. The Morgan fingerprint density at radius 2 is 2.18 bits per heavy atom. The Morgan fingerprint density at radius 3 is 2.82 bits per heavy atom. The lowest BCUT2D eigenvalue weighted by molar-refractivity contribution is 0.313. The summed E-state index contributed by atoms with van der Waals surface area (Å²) in [6, 6.07) is 0.348. The molecule has 2 aliphatic rings. The molecular weight excluding hydrogens is 210 g/mol. The van der Waals surface area contributed by atoms with Gasteiger partial charge in [0.1, 0.15) is 0 Å². The molecule has 0 saturated carbocycles. The third-order valence-corrected chi connectivity index (χ3v) is 4.27. The van der Waals surface area contributed by atoms with Crippen molar-refractivity contribution in [2.24, 2.45) is 5.41 Å². The highest BCUT2D eigenvalue weighted by molar-refractivity contribution is 5.34. The molecule has 2 heteroatoms. The topological polar surface area (TPSA) is 32.3 Å². The summed E-state index contributed by atoms with van der Waals surface area (Å²) in [6.45, 7) is 8.19. The first-order valence-corrected chi connectivity index (χ1v) is 6.78. The van der Waals surface area contributed by atoms with Gasteiger partial charge in [-0.05, 0) is 55.7 Å². The first-order valence-electron chi connectivity index (χ1n) is 6.78. The lowest BCUT2D eigenvalue weighted by Gasteiger charge is -2.40. The van der Waals surface area contributed by atoms with Crippen LogP contribution in [0.15, 0.2) is 22.8 Å². The second-order valence-electron chi connectivity index (χ2n) is 6.10. The summed E-state index contributed by atoms with van der Waals surface area (Å²) >= 11 is 0. The van der Waals surface area contributed by atoms with Gasteiger partial charge in [-0.2, -0.15) is 0 Å². The van der Waals surface area contributed by atoms with Gasteiger partial charge >= 0.3 is 0 Å². The molecule has 0 fully saturated rings. The Bertz CT molecular complexity index is 352. The lowest BCUT2D eigenvalue weighted by Crippen LogP contribution is -2.40. The molecule has 96 valence electrons. The smallest absolute Gasteiger partial charge is 0.0642 e. The van der Waals surface area contributed by atoms with E-state index in [1.54, 1.807) is 11.1 Å². The molecule has 1 atom stereocenters. The Hall–Kier alpha value is -0.600. The molecule has 0 saturated heterocycles. The van der Waals surface area contributed by atoms with Crippen molar-refractivity contribution in [1.82, 2.24) is 5.32 Å². The number of rotatable bonds is 2. The largest absolute Gasteiger partial charge is 0.392 e. The molecule has 1 aliphatic heterocycles. The van der Waals surface area contributed by atoms with E-state index in [4.69, 9.17) is 0 Å². The van der Waals surface area contributed by atoms with Gasteiger partial charge in [0.2, 0.25) is 0 Å². The van der Waals surface area contributed by atoms with Gasteiger partial charge in [-0.1, -0.05) is 25.5 Å². The summed E-state index contributed by atoms with van der Waals surface area (Å²) in [7, 11) is 0. The van der Waals surface area contributed by atoms with Crippen molar-refractivity contribution in [3.8, 4) is 0 Å². The van der Waals surface area contributed by atoms with Gasteiger partial charge in [0.25, 0.3) is 0 Å². The van der Waals surface area contributed by atoms with Crippen LogP contribution in [0, 0.1) is 5.41 Å². The maximum absolute atomic E-state index is 9.29. The van der Waals surface area contributed by atoms with Crippen LogP contribution in [0.3, 0.4) is 0 Å².